The first-order valence-corrected chi connectivity index (χ1v) is 7.71. The van der Waals surface area contributed by atoms with Crippen molar-refractivity contribution in [1.29, 1.82) is 0 Å². The second-order valence-corrected chi connectivity index (χ2v) is 5.38. The van der Waals surface area contributed by atoms with Crippen molar-refractivity contribution in [3.63, 3.8) is 0 Å². The Hall–Kier alpha value is -2.20. The molecule has 4 heteroatoms. The largest absolute Gasteiger partial charge is 0.351 e. The maximum absolute atomic E-state index is 11.8. The zero-order chi connectivity index (χ0) is 15.6. The molecule has 2 aromatic rings. The monoisotopic (exact) mass is 297 g/mol. The van der Waals surface area contributed by atoms with E-state index in [2.05, 4.69) is 46.8 Å². The third-order valence-corrected chi connectivity index (χ3v) is 3.54. The van der Waals surface area contributed by atoms with Gasteiger partial charge in [0.25, 0.3) is 5.91 Å². The molecule has 0 saturated heterocycles. The lowest BCUT2D eigenvalue weighted by Crippen LogP contribution is -2.36. The molecule has 0 aliphatic heterocycles. The van der Waals surface area contributed by atoms with Crippen LogP contribution in [0.1, 0.15) is 29.3 Å². The molecule has 116 valence electrons. The van der Waals surface area contributed by atoms with E-state index in [9.17, 15) is 4.79 Å². The van der Waals surface area contributed by atoms with Gasteiger partial charge in [-0.25, -0.2) is 0 Å². The number of nitrogens with one attached hydrogen (secondary N) is 2. The highest BCUT2D eigenvalue weighted by Gasteiger charge is 2.05. The fourth-order valence-electron chi connectivity index (χ4n) is 2.22. The number of carbonyl (C=O) groups excluding carboxylic acids is 1. The minimum atomic E-state index is -0.0770. The van der Waals surface area contributed by atoms with E-state index in [1.54, 1.807) is 24.5 Å². The van der Waals surface area contributed by atoms with Crippen molar-refractivity contribution < 1.29 is 4.79 Å². The number of carbonyl (C=O) groups is 1. The molecule has 0 radical (unpaired) electrons. The molecule has 0 bridgehead atoms. The van der Waals surface area contributed by atoms with Crippen molar-refractivity contribution in [1.82, 2.24) is 15.6 Å². The van der Waals surface area contributed by atoms with Crippen LogP contribution in [0.15, 0.2) is 54.9 Å². The molecule has 1 aromatic heterocycles. The highest BCUT2D eigenvalue weighted by Crippen LogP contribution is 2.04. The SMILES string of the molecule is CC(CCc1ccccc1)NCCNC(=O)c1cccnc1. The van der Waals surface area contributed by atoms with Crippen molar-refractivity contribution in [2.75, 3.05) is 13.1 Å². The van der Waals surface area contributed by atoms with Gasteiger partial charge in [0.05, 0.1) is 5.56 Å². The molecular formula is C18H23N3O. The van der Waals surface area contributed by atoms with Crippen molar-refractivity contribution in [3.05, 3.63) is 66.0 Å². The van der Waals surface area contributed by atoms with E-state index < -0.39 is 0 Å². The summed E-state index contributed by atoms with van der Waals surface area (Å²) in [6.45, 7) is 3.55. The first-order chi connectivity index (χ1) is 10.8. The Morgan fingerprint density at radius 1 is 1.14 bits per heavy atom. The summed E-state index contributed by atoms with van der Waals surface area (Å²) < 4.78 is 0. The van der Waals surface area contributed by atoms with E-state index in [1.165, 1.54) is 5.56 Å². The molecule has 0 saturated carbocycles. The Balaban J connectivity index is 1.59. The van der Waals surface area contributed by atoms with Gasteiger partial charge in [-0.3, -0.25) is 9.78 Å². The lowest BCUT2D eigenvalue weighted by Gasteiger charge is -2.14. The standard InChI is InChI=1S/C18H23N3O/c1-15(9-10-16-6-3-2-4-7-16)20-12-13-21-18(22)17-8-5-11-19-14-17/h2-8,11,14-15,20H,9-10,12-13H2,1H3,(H,21,22). The van der Waals surface area contributed by atoms with Gasteiger partial charge in [-0.05, 0) is 37.5 Å². The summed E-state index contributed by atoms with van der Waals surface area (Å²) in [6.07, 6.45) is 5.38. The van der Waals surface area contributed by atoms with Gasteiger partial charge in [-0.15, -0.1) is 0 Å². The highest BCUT2D eigenvalue weighted by atomic mass is 16.1. The van der Waals surface area contributed by atoms with Gasteiger partial charge in [0.1, 0.15) is 0 Å². The number of aromatic nitrogens is 1. The van der Waals surface area contributed by atoms with Crippen LogP contribution in [0.25, 0.3) is 0 Å². The number of hydrogen-bond donors (Lipinski definition) is 2. The Labute approximate surface area is 132 Å². The summed E-state index contributed by atoms with van der Waals surface area (Å²) in [5.74, 6) is -0.0770. The topological polar surface area (TPSA) is 54.0 Å². The average Bonchev–Trinajstić information content (AvgIpc) is 2.58. The van der Waals surface area contributed by atoms with Gasteiger partial charge in [0.15, 0.2) is 0 Å². The Morgan fingerprint density at radius 3 is 2.68 bits per heavy atom. The second kappa shape index (κ2) is 8.95. The van der Waals surface area contributed by atoms with Gasteiger partial charge in [0, 0.05) is 31.5 Å². The van der Waals surface area contributed by atoms with Crippen LogP contribution in [0, 0.1) is 0 Å². The molecule has 1 heterocycles. The number of nitrogens with zero attached hydrogens (tertiary/aromatic N) is 1. The smallest absolute Gasteiger partial charge is 0.252 e. The van der Waals surface area contributed by atoms with Crippen LogP contribution in [-0.4, -0.2) is 30.0 Å². The molecule has 1 aromatic carbocycles. The van der Waals surface area contributed by atoms with Gasteiger partial charge in [-0.2, -0.15) is 0 Å². The van der Waals surface area contributed by atoms with Crippen LogP contribution in [0.2, 0.25) is 0 Å². The first-order valence-electron chi connectivity index (χ1n) is 7.71. The van der Waals surface area contributed by atoms with Crippen LogP contribution in [0.4, 0.5) is 0 Å². The van der Waals surface area contributed by atoms with Crippen molar-refractivity contribution in [2.24, 2.45) is 0 Å². The van der Waals surface area contributed by atoms with Gasteiger partial charge >= 0.3 is 0 Å². The zero-order valence-corrected chi connectivity index (χ0v) is 13.0. The molecule has 4 nitrogen and oxygen atoms in total. The quantitative estimate of drug-likeness (QED) is 0.736. The normalized spacial score (nSPS) is 11.9. The summed E-state index contributed by atoms with van der Waals surface area (Å²) >= 11 is 0. The van der Waals surface area contributed by atoms with E-state index >= 15 is 0 Å². The van der Waals surface area contributed by atoms with Crippen LogP contribution < -0.4 is 10.6 Å². The summed E-state index contributed by atoms with van der Waals surface area (Å²) in [6, 6.07) is 14.4. The zero-order valence-electron chi connectivity index (χ0n) is 13.0. The molecule has 22 heavy (non-hydrogen) atoms. The number of benzene rings is 1. The molecular weight excluding hydrogens is 274 g/mol. The summed E-state index contributed by atoms with van der Waals surface area (Å²) in [5.41, 5.74) is 1.96. The highest BCUT2D eigenvalue weighted by molar-refractivity contribution is 5.93. The Morgan fingerprint density at radius 2 is 1.95 bits per heavy atom. The minimum absolute atomic E-state index is 0.0770. The van der Waals surface area contributed by atoms with Crippen molar-refractivity contribution in [3.8, 4) is 0 Å². The maximum Gasteiger partial charge on any atom is 0.252 e. The van der Waals surface area contributed by atoms with Gasteiger partial charge in [0.2, 0.25) is 0 Å². The number of rotatable bonds is 8. The van der Waals surface area contributed by atoms with Crippen LogP contribution in [0.5, 0.6) is 0 Å². The van der Waals surface area contributed by atoms with Gasteiger partial charge < -0.3 is 10.6 Å². The second-order valence-electron chi connectivity index (χ2n) is 5.38. The lowest BCUT2D eigenvalue weighted by atomic mass is 10.1. The third-order valence-electron chi connectivity index (χ3n) is 3.54. The van der Waals surface area contributed by atoms with E-state index in [0.717, 1.165) is 19.4 Å². The summed E-state index contributed by atoms with van der Waals surface area (Å²) in [5, 5.41) is 6.32. The fraction of sp³-hybridized carbons (Fsp3) is 0.333. The number of amides is 1. The molecule has 2 rings (SSSR count). The van der Waals surface area contributed by atoms with E-state index in [1.807, 2.05) is 6.07 Å². The Bertz CT molecular complexity index is 557. The predicted molar refractivity (Wildman–Crippen MR) is 88.8 cm³/mol. The maximum atomic E-state index is 11.8. The predicted octanol–water partition coefficient (Wildman–Crippen LogP) is 2.42. The molecule has 0 aliphatic carbocycles. The average molecular weight is 297 g/mol. The van der Waals surface area contributed by atoms with Gasteiger partial charge in [-0.1, -0.05) is 30.3 Å². The van der Waals surface area contributed by atoms with Crippen molar-refractivity contribution in [2.45, 2.75) is 25.8 Å². The molecule has 1 atom stereocenters. The molecule has 0 spiro atoms. The molecule has 1 unspecified atom stereocenters. The van der Waals surface area contributed by atoms with Crippen LogP contribution >= 0.6 is 0 Å². The number of aryl methyl sites for hydroxylation is 1. The number of pyridine rings is 1. The summed E-state index contributed by atoms with van der Waals surface area (Å²) in [7, 11) is 0. The molecule has 0 fully saturated rings. The third kappa shape index (κ3) is 5.66. The van der Waals surface area contributed by atoms with Crippen LogP contribution in [-0.2, 0) is 6.42 Å². The lowest BCUT2D eigenvalue weighted by molar-refractivity contribution is 0.0953. The van der Waals surface area contributed by atoms with E-state index in [4.69, 9.17) is 0 Å². The molecule has 1 amide bonds. The van der Waals surface area contributed by atoms with E-state index in [0.29, 0.717) is 18.2 Å². The number of hydrogen-bond acceptors (Lipinski definition) is 3. The molecule has 0 aliphatic rings. The Kier molecular flexibility index (Phi) is 6.58. The first kappa shape index (κ1) is 16.2. The van der Waals surface area contributed by atoms with E-state index in [-0.39, 0.29) is 5.91 Å². The summed E-state index contributed by atoms with van der Waals surface area (Å²) in [4.78, 5) is 15.8. The molecule has 2 N–H and O–H groups in total. The fourth-order valence-corrected chi connectivity index (χ4v) is 2.22. The minimum Gasteiger partial charge on any atom is -0.351 e. The van der Waals surface area contributed by atoms with Crippen LogP contribution in [0.3, 0.4) is 0 Å². The van der Waals surface area contributed by atoms with Crippen molar-refractivity contribution >= 4 is 5.91 Å².